The van der Waals surface area contributed by atoms with Gasteiger partial charge in [-0.1, -0.05) is 20.3 Å². The topological polar surface area (TPSA) is 117 Å². The number of nitrogens with zero attached hydrogens (tertiary/aromatic N) is 4. The van der Waals surface area contributed by atoms with Gasteiger partial charge in [-0.25, -0.2) is 0 Å². The highest BCUT2D eigenvalue weighted by Crippen LogP contribution is 2.59. The third-order valence-corrected chi connectivity index (χ3v) is 10.3. The number of hydrogen-bond acceptors (Lipinski definition) is 6. The molecule has 3 fully saturated rings. The zero-order valence-electron chi connectivity index (χ0n) is 24.8. The number of Topliss-reactive ketones (excluding diaryl/α,β-unsaturated/α-hetero) is 1. The number of anilines is 1. The molecule has 0 spiro atoms. The summed E-state index contributed by atoms with van der Waals surface area (Å²) in [5, 5.41) is 8.66. The molecular weight excluding hydrogens is 600 g/mol. The van der Waals surface area contributed by atoms with Gasteiger partial charge in [0.1, 0.15) is 18.3 Å². The van der Waals surface area contributed by atoms with Crippen molar-refractivity contribution in [2.45, 2.75) is 97.2 Å². The predicted molar refractivity (Wildman–Crippen MR) is 163 cm³/mol. The first-order chi connectivity index (χ1) is 20.0. The van der Waals surface area contributed by atoms with Crippen LogP contribution in [0.4, 0.5) is 5.69 Å². The van der Waals surface area contributed by atoms with Crippen LogP contribution in [0.5, 0.6) is 0 Å². The Morgan fingerprint density at radius 3 is 2.57 bits per heavy atom. The van der Waals surface area contributed by atoms with Gasteiger partial charge in [0.15, 0.2) is 5.78 Å². The molecule has 6 rings (SSSR count). The summed E-state index contributed by atoms with van der Waals surface area (Å²) in [6.45, 7) is 8.18. The molecule has 2 bridgehead atoms. The maximum absolute atomic E-state index is 14.0. The summed E-state index contributed by atoms with van der Waals surface area (Å²) in [6.07, 6.45) is 7.54. The average Bonchev–Trinajstić information content (AvgIpc) is 3.31. The molecule has 1 aromatic carbocycles. The Morgan fingerprint density at radius 1 is 1.10 bits per heavy atom. The van der Waals surface area contributed by atoms with Crippen molar-refractivity contribution < 1.29 is 19.2 Å². The molecule has 2 saturated heterocycles. The zero-order chi connectivity index (χ0) is 29.8. The van der Waals surface area contributed by atoms with Crippen molar-refractivity contribution >= 4 is 56.2 Å². The molecule has 1 aliphatic carbocycles. The Bertz CT molecular complexity index is 1450. The van der Waals surface area contributed by atoms with E-state index in [0.717, 1.165) is 80.2 Å². The fraction of sp³-hybridized carbons (Fsp3) is 0.645. The highest BCUT2D eigenvalue weighted by molar-refractivity contribution is 9.08. The van der Waals surface area contributed by atoms with Gasteiger partial charge in [-0.15, -0.1) is 0 Å². The number of rotatable bonds is 3. The van der Waals surface area contributed by atoms with Gasteiger partial charge in [0, 0.05) is 71.7 Å². The molecule has 3 amide bonds. The summed E-state index contributed by atoms with van der Waals surface area (Å²) >= 11 is 3.07. The van der Waals surface area contributed by atoms with Crippen molar-refractivity contribution in [3.63, 3.8) is 0 Å². The predicted octanol–water partition coefficient (Wildman–Crippen LogP) is 3.88. The quantitative estimate of drug-likeness (QED) is 0.388. The van der Waals surface area contributed by atoms with Crippen molar-refractivity contribution in [1.29, 1.82) is 0 Å². The van der Waals surface area contributed by atoms with Crippen molar-refractivity contribution in [1.82, 2.24) is 24.3 Å². The van der Waals surface area contributed by atoms with Gasteiger partial charge in [0.25, 0.3) is 5.91 Å². The molecule has 2 N–H and O–H groups in total. The van der Waals surface area contributed by atoms with Crippen LogP contribution in [0.1, 0.15) is 88.2 Å². The van der Waals surface area contributed by atoms with E-state index >= 15 is 0 Å². The number of nitrogens with one attached hydrogen (secondary N) is 2. The van der Waals surface area contributed by atoms with Crippen molar-refractivity contribution in [2.24, 2.45) is 10.8 Å². The molecule has 10 nitrogen and oxygen atoms in total. The average molecular weight is 642 g/mol. The second-order valence-corrected chi connectivity index (χ2v) is 14.0. The fourth-order valence-electron chi connectivity index (χ4n) is 7.63. The van der Waals surface area contributed by atoms with Crippen LogP contribution < -0.4 is 14.6 Å². The first-order valence-corrected chi connectivity index (χ1v) is 16.1. The van der Waals surface area contributed by atoms with Gasteiger partial charge in [-0.05, 0) is 68.1 Å². The van der Waals surface area contributed by atoms with Crippen LogP contribution in [0, 0.1) is 10.8 Å². The maximum Gasteiger partial charge on any atom is 0.252 e. The van der Waals surface area contributed by atoms with E-state index < -0.39 is 6.04 Å². The van der Waals surface area contributed by atoms with Gasteiger partial charge in [-0.2, -0.15) is 5.10 Å². The van der Waals surface area contributed by atoms with E-state index in [1.165, 1.54) is 6.92 Å². The van der Waals surface area contributed by atoms with Crippen molar-refractivity contribution in [3.8, 4) is 0 Å². The third kappa shape index (κ3) is 5.33. The lowest BCUT2D eigenvalue weighted by molar-refractivity contribution is -0.139. The second-order valence-electron chi connectivity index (χ2n) is 13.6. The number of halogens is 1. The Labute approximate surface area is 255 Å². The van der Waals surface area contributed by atoms with E-state index in [9.17, 15) is 19.2 Å². The normalized spacial score (nSPS) is 27.9. The molecule has 0 unspecified atom stereocenters. The second kappa shape index (κ2) is 11.0. The number of hydrogen-bond donors (Lipinski definition) is 2. The van der Waals surface area contributed by atoms with E-state index in [4.69, 9.17) is 5.10 Å². The lowest BCUT2D eigenvalue weighted by Gasteiger charge is -2.26. The van der Waals surface area contributed by atoms with Crippen LogP contribution >= 0.6 is 16.1 Å². The summed E-state index contributed by atoms with van der Waals surface area (Å²) < 4.78 is 4.25. The number of aromatic nitrogens is 2. The summed E-state index contributed by atoms with van der Waals surface area (Å²) in [6, 6.07) is 3.52. The number of piperidine rings is 1. The van der Waals surface area contributed by atoms with Crippen LogP contribution in [0.2, 0.25) is 0 Å². The van der Waals surface area contributed by atoms with E-state index in [0.29, 0.717) is 25.1 Å². The fourth-order valence-corrected chi connectivity index (χ4v) is 7.90. The molecule has 226 valence electrons. The van der Waals surface area contributed by atoms with Crippen molar-refractivity contribution in [2.75, 3.05) is 24.5 Å². The molecule has 0 radical (unpaired) electrons. The molecule has 1 saturated carbocycles. The Kier molecular flexibility index (Phi) is 7.60. The third-order valence-electron chi connectivity index (χ3n) is 9.93. The summed E-state index contributed by atoms with van der Waals surface area (Å²) in [4.78, 5) is 56.8. The summed E-state index contributed by atoms with van der Waals surface area (Å²) in [7, 11) is 0. The minimum Gasteiger partial charge on any atom is -0.372 e. The number of benzene rings is 1. The standard InChI is InChI=1S/C31H41BrN6O4/c1-19(39)27-22-13-21(36-10-6-7-11-36)12-20-8-4-5-9-30(2,3)16-25(40)33-18-31-14-23(29(42)34-32)38(24(31)15-31)26(41)17-37(35-27)28(20)22/h12-13,23-24H,4-11,14-18H2,1-3H3,(H,33,40)(H,34,42)/t23-,24+,31-/m0/s1. The van der Waals surface area contributed by atoms with E-state index in [-0.39, 0.29) is 46.9 Å². The lowest BCUT2D eigenvalue weighted by atomic mass is 9.83. The molecule has 4 aliphatic rings. The zero-order valence-corrected chi connectivity index (χ0v) is 26.4. The number of ketones is 1. The number of aryl methyl sites for hydroxylation is 1. The number of carbonyl (C=O) groups is 4. The molecule has 3 aliphatic heterocycles. The molecule has 3 atom stereocenters. The van der Waals surface area contributed by atoms with Crippen LogP contribution in [0.25, 0.3) is 10.9 Å². The highest BCUT2D eigenvalue weighted by atomic mass is 79.9. The summed E-state index contributed by atoms with van der Waals surface area (Å²) in [5.41, 5.74) is 2.95. The smallest absolute Gasteiger partial charge is 0.252 e. The monoisotopic (exact) mass is 640 g/mol. The highest BCUT2D eigenvalue weighted by Gasteiger charge is 2.67. The molecule has 1 aromatic heterocycles. The van der Waals surface area contributed by atoms with Gasteiger partial charge in [0.2, 0.25) is 11.8 Å². The van der Waals surface area contributed by atoms with Crippen LogP contribution in [-0.2, 0) is 27.3 Å². The Hall–Kier alpha value is -2.95. The molecule has 42 heavy (non-hydrogen) atoms. The van der Waals surface area contributed by atoms with Crippen molar-refractivity contribution in [3.05, 3.63) is 23.4 Å². The minimum atomic E-state index is -0.641. The Morgan fingerprint density at radius 2 is 1.86 bits per heavy atom. The van der Waals surface area contributed by atoms with Gasteiger partial charge in [-0.3, -0.25) is 28.2 Å². The largest absolute Gasteiger partial charge is 0.372 e. The first kappa shape index (κ1) is 29.1. The van der Waals surface area contributed by atoms with Gasteiger partial charge in [0.05, 0.1) is 5.52 Å². The first-order valence-electron chi connectivity index (χ1n) is 15.3. The van der Waals surface area contributed by atoms with E-state index in [2.05, 4.69) is 56.7 Å². The number of carbonyl (C=O) groups excluding carboxylic acids is 4. The van der Waals surface area contributed by atoms with Gasteiger partial charge < -0.3 is 15.1 Å². The summed E-state index contributed by atoms with van der Waals surface area (Å²) in [5.74, 6) is -0.587. The molecule has 4 heterocycles. The SMILES string of the molecule is CC(=O)c1nn2c3c(cc(N4CCCC4)cc13)CCCCC(C)(C)CC(=O)NC[C@@]13C[C@@H](C(=O)NBr)N(C(=O)C2)[C@@H]1C3. The molecule has 2 aromatic rings. The molecular formula is C31H41BrN6O4. The van der Waals surface area contributed by atoms with Crippen LogP contribution in [0.3, 0.4) is 0 Å². The number of amides is 3. The van der Waals surface area contributed by atoms with Crippen LogP contribution in [0.15, 0.2) is 12.1 Å². The molecule has 11 heteroatoms. The van der Waals surface area contributed by atoms with E-state index in [1.807, 2.05) is 0 Å². The minimum absolute atomic E-state index is 0.0209. The van der Waals surface area contributed by atoms with E-state index in [1.54, 1.807) is 9.58 Å². The van der Waals surface area contributed by atoms with Crippen LogP contribution in [-0.4, -0.2) is 69.9 Å². The lowest BCUT2D eigenvalue weighted by Crippen LogP contribution is -2.47. The van der Waals surface area contributed by atoms with Gasteiger partial charge >= 0.3 is 0 Å². The Balaban J connectivity index is 1.43. The maximum atomic E-state index is 14.0.